The third-order valence-electron chi connectivity index (χ3n) is 3.61. The van der Waals surface area contributed by atoms with Gasteiger partial charge in [0.1, 0.15) is 0 Å². The second kappa shape index (κ2) is 16.0. The van der Waals surface area contributed by atoms with E-state index in [4.69, 9.17) is 0 Å². The van der Waals surface area contributed by atoms with Gasteiger partial charge in [-0.3, -0.25) is 9.14 Å². The lowest BCUT2D eigenvalue weighted by Gasteiger charge is -2.02. The van der Waals surface area contributed by atoms with Crippen molar-refractivity contribution in [2.24, 2.45) is 0 Å². The Morgan fingerprint density at radius 1 is 0.737 bits per heavy atom. The van der Waals surface area contributed by atoms with E-state index in [0.29, 0.717) is 6.42 Å². The maximum atomic E-state index is 11.0. The Morgan fingerprint density at radius 2 is 1.11 bits per heavy atom. The van der Waals surface area contributed by atoms with Crippen molar-refractivity contribution in [3.05, 3.63) is 0 Å². The first-order valence-corrected chi connectivity index (χ1v) is 9.00. The van der Waals surface area contributed by atoms with Crippen LogP contribution in [-0.4, -0.2) is 5.91 Å². The Hall–Kier alpha value is -0.0500. The number of carbonyl (C=O) groups is 1. The van der Waals surface area contributed by atoms with E-state index in [9.17, 15) is 4.79 Å². The van der Waals surface area contributed by atoms with Crippen LogP contribution in [0.15, 0.2) is 0 Å². The Bertz CT molecular complexity index is 197. The monoisotopic (exact) mass is 333 g/mol. The van der Waals surface area contributed by atoms with E-state index < -0.39 is 0 Å². The fourth-order valence-corrected chi connectivity index (χ4v) is 2.55. The van der Waals surface area contributed by atoms with Crippen molar-refractivity contribution >= 4 is 22.1 Å². The van der Waals surface area contributed by atoms with E-state index in [0.717, 1.165) is 6.42 Å². The summed E-state index contributed by atoms with van der Waals surface area (Å²) in [7, 11) is 0. The molecular formula is C16H32BrNO. The number of unbranched alkanes of at least 4 members (excludes halogenated alkanes) is 12. The first kappa shape index (κ1) is 18.9. The van der Waals surface area contributed by atoms with Gasteiger partial charge in [-0.1, -0.05) is 84.0 Å². The number of hydrogen-bond acceptors (Lipinski definition) is 1. The smallest absolute Gasteiger partial charge is 0.229 e. The largest absolute Gasteiger partial charge is 0.293 e. The highest BCUT2D eigenvalue weighted by Crippen LogP contribution is 2.12. The maximum absolute atomic E-state index is 11.0. The fourth-order valence-electron chi connectivity index (χ4n) is 2.35. The minimum atomic E-state index is 0.100. The van der Waals surface area contributed by atoms with Crippen LogP contribution in [0.2, 0.25) is 0 Å². The number of carbonyl (C=O) groups excluding carboxylic acids is 1. The summed E-state index contributed by atoms with van der Waals surface area (Å²) in [5, 5.41) is 0. The lowest BCUT2D eigenvalue weighted by molar-refractivity contribution is -0.119. The summed E-state index contributed by atoms with van der Waals surface area (Å²) in [6.45, 7) is 2.27. The van der Waals surface area contributed by atoms with Crippen LogP contribution in [0.4, 0.5) is 0 Å². The Morgan fingerprint density at radius 3 is 1.47 bits per heavy atom. The van der Waals surface area contributed by atoms with Gasteiger partial charge in [0, 0.05) is 22.6 Å². The van der Waals surface area contributed by atoms with Gasteiger partial charge in [-0.2, -0.15) is 0 Å². The zero-order chi connectivity index (χ0) is 14.2. The summed E-state index contributed by atoms with van der Waals surface area (Å²) in [5.41, 5.74) is 0. The molecule has 0 aliphatic carbocycles. The molecule has 0 aliphatic heterocycles. The predicted octanol–water partition coefficient (Wildman–Crippen LogP) is 5.89. The van der Waals surface area contributed by atoms with Crippen molar-refractivity contribution < 1.29 is 4.79 Å². The van der Waals surface area contributed by atoms with Crippen LogP contribution in [0, 0.1) is 0 Å². The second-order valence-corrected chi connectivity index (χ2v) is 5.91. The molecule has 3 heteroatoms. The highest BCUT2D eigenvalue weighted by atomic mass is 79.9. The van der Waals surface area contributed by atoms with Crippen molar-refractivity contribution in [3.8, 4) is 0 Å². The zero-order valence-electron chi connectivity index (χ0n) is 12.7. The van der Waals surface area contributed by atoms with Crippen LogP contribution in [0.1, 0.15) is 96.8 Å². The van der Waals surface area contributed by atoms with Crippen molar-refractivity contribution in [1.29, 1.82) is 0 Å². The standard InChI is InChI=1S/C16H32BrNO/c1-2-3-4-5-6-7-8-9-10-11-12-13-14-15-16(19)18-17/h2-15H2,1H3,(H,18,19). The van der Waals surface area contributed by atoms with Crippen LogP contribution in [0.3, 0.4) is 0 Å². The number of amides is 1. The van der Waals surface area contributed by atoms with Crippen molar-refractivity contribution in [2.45, 2.75) is 96.8 Å². The van der Waals surface area contributed by atoms with E-state index in [-0.39, 0.29) is 5.91 Å². The van der Waals surface area contributed by atoms with Gasteiger partial charge in [-0.05, 0) is 6.42 Å². The minimum absolute atomic E-state index is 0.100. The molecule has 2 nitrogen and oxygen atoms in total. The molecular weight excluding hydrogens is 302 g/mol. The Labute approximate surface area is 128 Å². The van der Waals surface area contributed by atoms with Crippen molar-refractivity contribution in [2.75, 3.05) is 0 Å². The van der Waals surface area contributed by atoms with E-state index in [1.807, 2.05) is 0 Å². The van der Waals surface area contributed by atoms with Crippen molar-refractivity contribution in [1.82, 2.24) is 4.34 Å². The van der Waals surface area contributed by atoms with Crippen LogP contribution in [0.5, 0.6) is 0 Å². The number of hydrogen-bond donors (Lipinski definition) is 1. The Kier molecular flexibility index (Phi) is 16.0. The van der Waals surface area contributed by atoms with E-state index in [1.54, 1.807) is 0 Å². The van der Waals surface area contributed by atoms with Gasteiger partial charge in [-0.25, -0.2) is 0 Å². The third-order valence-corrected chi connectivity index (χ3v) is 4.06. The molecule has 0 aromatic heterocycles. The topological polar surface area (TPSA) is 29.1 Å². The molecule has 0 saturated carbocycles. The van der Waals surface area contributed by atoms with E-state index in [2.05, 4.69) is 27.4 Å². The van der Waals surface area contributed by atoms with Gasteiger partial charge in [0.25, 0.3) is 0 Å². The maximum Gasteiger partial charge on any atom is 0.229 e. The average molecular weight is 334 g/mol. The van der Waals surface area contributed by atoms with Crippen LogP contribution in [-0.2, 0) is 4.79 Å². The number of halogens is 1. The molecule has 0 rings (SSSR count). The molecule has 0 radical (unpaired) electrons. The van der Waals surface area contributed by atoms with Crippen molar-refractivity contribution in [3.63, 3.8) is 0 Å². The predicted molar refractivity (Wildman–Crippen MR) is 87.4 cm³/mol. The SMILES string of the molecule is CCCCCCCCCCCCCCCC(=O)NBr. The molecule has 1 amide bonds. The highest BCUT2D eigenvalue weighted by Gasteiger charge is 1.98. The van der Waals surface area contributed by atoms with Crippen LogP contribution in [0.25, 0.3) is 0 Å². The molecule has 0 fully saturated rings. The number of nitrogens with one attached hydrogen (secondary N) is 1. The van der Waals surface area contributed by atoms with Gasteiger partial charge in [-0.15, -0.1) is 0 Å². The molecule has 0 aromatic rings. The van der Waals surface area contributed by atoms with Gasteiger partial charge in [0.05, 0.1) is 0 Å². The summed E-state index contributed by atoms with van der Waals surface area (Å²) in [6.07, 6.45) is 18.2. The fraction of sp³-hybridized carbons (Fsp3) is 0.938. The lowest BCUT2D eigenvalue weighted by atomic mass is 10.0. The quantitative estimate of drug-likeness (QED) is 0.311. The third kappa shape index (κ3) is 15.9. The Balaban J connectivity index is 2.97. The molecule has 114 valence electrons. The van der Waals surface area contributed by atoms with Gasteiger partial charge in [0.2, 0.25) is 5.91 Å². The first-order chi connectivity index (χ1) is 9.31. The first-order valence-electron chi connectivity index (χ1n) is 8.20. The van der Waals surface area contributed by atoms with E-state index >= 15 is 0 Å². The summed E-state index contributed by atoms with van der Waals surface area (Å²) in [5.74, 6) is 0.100. The van der Waals surface area contributed by atoms with E-state index in [1.165, 1.54) is 77.0 Å². The summed E-state index contributed by atoms with van der Waals surface area (Å²) in [6, 6.07) is 0. The molecule has 19 heavy (non-hydrogen) atoms. The zero-order valence-corrected chi connectivity index (χ0v) is 14.3. The molecule has 0 unspecified atom stereocenters. The van der Waals surface area contributed by atoms with Gasteiger partial charge >= 0.3 is 0 Å². The normalized spacial score (nSPS) is 10.6. The second-order valence-electron chi connectivity index (χ2n) is 5.51. The molecule has 0 bridgehead atoms. The molecule has 0 spiro atoms. The molecule has 0 aromatic carbocycles. The summed E-state index contributed by atoms with van der Waals surface area (Å²) < 4.78 is 2.48. The molecule has 0 saturated heterocycles. The molecule has 0 aliphatic rings. The van der Waals surface area contributed by atoms with Gasteiger partial charge in [0.15, 0.2) is 0 Å². The minimum Gasteiger partial charge on any atom is -0.293 e. The summed E-state index contributed by atoms with van der Waals surface area (Å²) >= 11 is 2.95. The summed E-state index contributed by atoms with van der Waals surface area (Å²) in [4.78, 5) is 11.0. The van der Waals surface area contributed by atoms with Gasteiger partial charge < -0.3 is 0 Å². The van der Waals surface area contributed by atoms with Crippen LogP contribution < -0.4 is 4.34 Å². The molecule has 1 N–H and O–H groups in total. The molecule has 0 atom stereocenters. The molecule has 0 heterocycles. The average Bonchev–Trinajstić information content (AvgIpc) is 2.43. The highest BCUT2D eigenvalue weighted by molar-refractivity contribution is 9.08. The van der Waals surface area contributed by atoms with Crippen LogP contribution >= 0.6 is 16.1 Å². The number of rotatable bonds is 14. The lowest BCUT2D eigenvalue weighted by Crippen LogP contribution is -2.10.